The van der Waals surface area contributed by atoms with E-state index in [2.05, 4.69) is 5.32 Å². The highest BCUT2D eigenvalue weighted by Gasteiger charge is 2.33. The molecule has 1 atom stereocenters. The van der Waals surface area contributed by atoms with E-state index in [4.69, 9.17) is 11.6 Å². The summed E-state index contributed by atoms with van der Waals surface area (Å²) in [6.07, 6.45) is 0.509. The van der Waals surface area contributed by atoms with E-state index in [1.54, 1.807) is 44.2 Å². The summed E-state index contributed by atoms with van der Waals surface area (Å²) in [7, 11) is -2.63. The van der Waals surface area contributed by atoms with E-state index in [9.17, 15) is 18.0 Å². The number of halogens is 1. The quantitative estimate of drug-likeness (QED) is 0.413. The van der Waals surface area contributed by atoms with Crippen LogP contribution in [0.5, 0.6) is 0 Å². The third-order valence-electron chi connectivity index (χ3n) is 6.29. The van der Waals surface area contributed by atoms with Crippen molar-refractivity contribution in [2.75, 3.05) is 24.4 Å². The maximum absolute atomic E-state index is 13.8. The van der Waals surface area contributed by atoms with Crippen molar-refractivity contribution in [3.8, 4) is 0 Å². The Balaban J connectivity index is 2.02. The van der Waals surface area contributed by atoms with E-state index in [-0.39, 0.29) is 17.3 Å². The standard InChI is InChI=1S/C28H32ClN3O4S/c1-20-13-15-24(16-14-20)37(35,36)32(26-12-8-11-25(29)21(26)2)19-27(33)31(22(3)28(34)30-4)18-17-23-9-6-5-7-10-23/h5-16,22H,17-19H2,1-4H3,(H,30,34)/t22-/m0/s1. The minimum absolute atomic E-state index is 0.0560. The maximum Gasteiger partial charge on any atom is 0.264 e. The Labute approximate surface area is 224 Å². The lowest BCUT2D eigenvalue weighted by atomic mass is 10.1. The molecule has 0 unspecified atom stereocenters. The molecule has 0 aliphatic heterocycles. The monoisotopic (exact) mass is 541 g/mol. The fourth-order valence-electron chi connectivity index (χ4n) is 4.00. The highest BCUT2D eigenvalue weighted by atomic mass is 35.5. The number of rotatable bonds is 10. The largest absolute Gasteiger partial charge is 0.357 e. The predicted molar refractivity (Wildman–Crippen MR) is 147 cm³/mol. The summed E-state index contributed by atoms with van der Waals surface area (Å²) in [5.41, 5.74) is 2.74. The number of nitrogens with one attached hydrogen (secondary N) is 1. The normalized spacial score (nSPS) is 12.0. The molecule has 3 rings (SSSR count). The predicted octanol–water partition coefficient (Wildman–Crippen LogP) is 4.36. The van der Waals surface area contributed by atoms with Crippen LogP contribution < -0.4 is 9.62 Å². The summed E-state index contributed by atoms with van der Waals surface area (Å²) in [6.45, 7) is 4.95. The van der Waals surface area contributed by atoms with Crippen molar-refractivity contribution in [1.29, 1.82) is 0 Å². The highest BCUT2D eigenvalue weighted by molar-refractivity contribution is 7.92. The molecule has 2 amide bonds. The molecule has 3 aromatic rings. The van der Waals surface area contributed by atoms with Gasteiger partial charge in [-0.3, -0.25) is 13.9 Å². The van der Waals surface area contributed by atoms with Gasteiger partial charge in [-0.2, -0.15) is 0 Å². The molecule has 0 radical (unpaired) electrons. The van der Waals surface area contributed by atoms with E-state index in [1.807, 2.05) is 37.3 Å². The van der Waals surface area contributed by atoms with Gasteiger partial charge in [-0.1, -0.05) is 65.7 Å². The van der Waals surface area contributed by atoms with Crippen LogP contribution in [0, 0.1) is 13.8 Å². The first-order valence-corrected chi connectivity index (χ1v) is 13.8. The summed E-state index contributed by atoms with van der Waals surface area (Å²) in [6, 6.07) is 20.2. The van der Waals surface area contributed by atoms with Crippen molar-refractivity contribution in [2.45, 2.75) is 38.1 Å². The average Bonchev–Trinajstić information content (AvgIpc) is 2.89. The smallest absolute Gasteiger partial charge is 0.264 e. The van der Waals surface area contributed by atoms with Gasteiger partial charge < -0.3 is 10.2 Å². The highest BCUT2D eigenvalue weighted by Crippen LogP contribution is 2.31. The van der Waals surface area contributed by atoms with Crippen LogP contribution in [0.1, 0.15) is 23.6 Å². The Morgan fingerprint density at radius 3 is 2.22 bits per heavy atom. The fraction of sp³-hybridized carbons (Fsp3) is 0.286. The van der Waals surface area contributed by atoms with Crippen molar-refractivity contribution in [1.82, 2.24) is 10.2 Å². The molecular weight excluding hydrogens is 510 g/mol. The zero-order chi connectivity index (χ0) is 27.2. The lowest BCUT2D eigenvalue weighted by molar-refractivity contribution is -0.138. The van der Waals surface area contributed by atoms with E-state index >= 15 is 0 Å². The first-order valence-electron chi connectivity index (χ1n) is 12.0. The molecule has 196 valence electrons. The van der Waals surface area contributed by atoms with Gasteiger partial charge in [-0.15, -0.1) is 0 Å². The van der Waals surface area contributed by atoms with E-state index in [1.165, 1.54) is 24.1 Å². The molecule has 0 aromatic heterocycles. The molecule has 0 aliphatic rings. The number of sulfonamides is 1. The molecule has 0 spiro atoms. The van der Waals surface area contributed by atoms with Crippen molar-refractivity contribution >= 4 is 39.1 Å². The lowest BCUT2D eigenvalue weighted by Crippen LogP contribution is -2.51. The molecule has 7 nitrogen and oxygen atoms in total. The lowest BCUT2D eigenvalue weighted by Gasteiger charge is -2.32. The van der Waals surface area contributed by atoms with E-state index in [0.29, 0.717) is 22.7 Å². The van der Waals surface area contributed by atoms with Gasteiger partial charge in [0.2, 0.25) is 11.8 Å². The Kier molecular flexibility index (Phi) is 9.34. The Hall–Kier alpha value is -3.36. The number of carbonyl (C=O) groups excluding carboxylic acids is 2. The van der Waals surface area contributed by atoms with Crippen LogP contribution in [0.2, 0.25) is 5.02 Å². The second-order valence-electron chi connectivity index (χ2n) is 8.82. The molecule has 0 saturated carbocycles. The SMILES string of the molecule is CNC(=O)[C@H](C)N(CCc1ccccc1)C(=O)CN(c1cccc(Cl)c1C)S(=O)(=O)c1ccc(C)cc1. The van der Waals surface area contributed by atoms with Gasteiger partial charge in [0.1, 0.15) is 12.6 Å². The minimum atomic E-state index is -4.13. The Bertz CT molecular complexity index is 1350. The van der Waals surface area contributed by atoms with Crippen molar-refractivity contribution < 1.29 is 18.0 Å². The molecule has 0 aliphatic carbocycles. The molecular formula is C28H32ClN3O4S. The second-order valence-corrected chi connectivity index (χ2v) is 11.1. The Morgan fingerprint density at radius 2 is 1.59 bits per heavy atom. The maximum atomic E-state index is 13.8. The number of amides is 2. The number of aryl methyl sites for hydroxylation is 1. The number of nitrogens with zero attached hydrogens (tertiary/aromatic N) is 2. The number of hydrogen-bond donors (Lipinski definition) is 1. The van der Waals surface area contributed by atoms with Gasteiger partial charge in [0, 0.05) is 18.6 Å². The van der Waals surface area contributed by atoms with Gasteiger partial charge in [-0.25, -0.2) is 8.42 Å². The van der Waals surface area contributed by atoms with Gasteiger partial charge in [0.25, 0.3) is 10.0 Å². The van der Waals surface area contributed by atoms with Gasteiger partial charge in [0.05, 0.1) is 10.6 Å². The zero-order valence-electron chi connectivity index (χ0n) is 21.4. The number of likely N-dealkylation sites (N-methyl/N-ethyl adjacent to an activating group) is 1. The number of benzene rings is 3. The molecule has 0 bridgehead atoms. The second kappa shape index (κ2) is 12.3. The molecule has 3 aromatic carbocycles. The summed E-state index contributed by atoms with van der Waals surface area (Å²) < 4.78 is 28.8. The Morgan fingerprint density at radius 1 is 0.946 bits per heavy atom. The van der Waals surface area contributed by atoms with Crippen LogP contribution in [0.3, 0.4) is 0 Å². The van der Waals surface area contributed by atoms with Crippen LogP contribution in [0.15, 0.2) is 77.7 Å². The zero-order valence-corrected chi connectivity index (χ0v) is 23.0. The van der Waals surface area contributed by atoms with Crippen LogP contribution in [-0.2, 0) is 26.0 Å². The molecule has 1 N–H and O–H groups in total. The van der Waals surface area contributed by atoms with Crippen LogP contribution in [0.25, 0.3) is 0 Å². The minimum Gasteiger partial charge on any atom is -0.357 e. The average molecular weight is 542 g/mol. The van der Waals surface area contributed by atoms with Crippen molar-refractivity contribution in [3.63, 3.8) is 0 Å². The number of anilines is 1. The van der Waals surface area contributed by atoms with Crippen LogP contribution in [0.4, 0.5) is 5.69 Å². The molecule has 9 heteroatoms. The van der Waals surface area contributed by atoms with E-state index < -0.39 is 28.5 Å². The fourth-order valence-corrected chi connectivity index (χ4v) is 5.64. The summed E-state index contributed by atoms with van der Waals surface area (Å²) in [4.78, 5) is 27.7. The van der Waals surface area contributed by atoms with E-state index in [0.717, 1.165) is 15.4 Å². The van der Waals surface area contributed by atoms with Crippen molar-refractivity contribution in [3.05, 3.63) is 94.5 Å². The molecule has 0 fully saturated rings. The molecule has 0 saturated heterocycles. The summed E-state index contributed by atoms with van der Waals surface area (Å²) >= 11 is 6.33. The van der Waals surface area contributed by atoms with Crippen LogP contribution >= 0.6 is 11.6 Å². The third-order valence-corrected chi connectivity index (χ3v) is 8.48. The van der Waals surface area contributed by atoms with Crippen molar-refractivity contribution in [2.24, 2.45) is 0 Å². The molecule has 37 heavy (non-hydrogen) atoms. The number of hydrogen-bond acceptors (Lipinski definition) is 4. The first-order chi connectivity index (χ1) is 17.6. The van der Waals surface area contributed by atoms with Gasteiger partial charge >= 0.3 is 0 Å². The first kappa shape index (κ1) is 28.2. The van der Waals surface area contributed by atoms with Gasteiger partial charge in [-0.05, 0) is 62.6 Å². The van der Waals surface area contributed by atoms with Crippen LogP contribution in [-0.4, -0.2) is 51.3 Å². The third kappa shape index (κ3) is 6.70. The summed E-state index contributed by atoms with van der Waals surface area (Å²) in [5, 5.41) is 2.96. The topological polar surface area (TPSA) is 86.8 Å². The van der Waals surface area contributed by atoms with Gasteiger partial charge in [0.15, 0.2) is 0 Å². The number of carbonyl (C=O) groups is 2. The summed E-state index contributed by atoms with van der Waals surface area (Å²) in [5.74, 6) is -0.838. The molecule has 0 heterocycles.